The molecular formula is C19H34N4O7. The Balaban J connectivity index is 5.12. The van der Waals surface area contributed by atoms with Crippen LogP contribution in [0.5, 0.6) is 0 Å². The molecule has 0 aliphatic rings. The number of nitrogens with zero attached hydrogens (tertiary/aromatic N) is 1. The zero-order chi connectivity index (χ0) is 23.4. The maximum Gasteiger partial charge on any atom is 0.317 e. The molecule has 0 aromatic carbocycles. The van der Waals surface area contributed by atoms with E-state index in [4.69, 9.17) is 15.9 Å². The Morgan fingerprint density at radius 3 is 1.73 bits per heavy atom. The van der Waals surface area contributed by atoms with E-state index in [0.29, 0.717) is 12.8 Å². The van der Waals surface area contributed by atoms with Crippen molar-refractivity contribution >= 4 is 29.7 Å². The van der Waals surface area contributed by atoms with Crippen molar-refractivity contribution in [2.24, 2.45) is 17.6 Å². The molecule has 0 aromatic rings. The maximum atomic E-state index is 12.7. The second kappa shape index (κ2) is 13.5. The molecule has 0 saturated carbocycles. The molecule has 0 unspecified atom stereocenters. The molecule has 0 aliphatic heterocycles. The van der Waals surface area contributed by atoms with Gasteiger partial charge >= 0.3 is 11.9 Å². The highest BCUT2D eigenvalue weighted by molar-refractivity contribution is 5.92. The summed E-state index contributed by atoms with van der Waals surface area (Å²) in [6.45, 7) is 6.11. The minimum absolute atomic E-state index is 0.101. The number of hydrogen-bond acceptors (Lipinski definition) is 6. The monoisotopic (exact) mass is 430 g/mol. The van der Waals surface area contributed by atoms with E-state index in [1.807, 2.05) is 13.8 Å². The minimum atomic E-state index is -1.21. The van der Waals surface area contributed by atoms with Gasteiger partial charge in [0.1, 0.15) is 12.1 Å². The Morgan fingerprint density at radius 1 is 0.867 bits per heavy atom. The lowest BCUT2D eigenvalue weighted by molar-refractivity contribution is -0.142. The van der Waals surface area contributed by atoms with Crippen LogP contribution in [0.1, 0.15) is 47.0 Å². The first kappa shape index (κ1) is 27.3. The lowest BCUT2D eigenvalue weighted by Crippen LogP contribution is -2.56. The maximum absolute atomic E-state index is 12.7. The van der Waals surface area contributed by atoms with Crippen LogP contribution in [0, 0.1) is 11.8 Å². The fourth-order valence-electron chi connectivity index (χ4n) is 2.78. The summed E-state index contributed by atoms with van der Waals surface area (Å²) in [4.78, 5) is 59.6. The number of amides is 3. The van der Waals surface area contributed by atoms with Gasteiger partial charge in [-0.25, -0.2) is 0 Å². The number of carbonyl (C=O) groups excluding carboxylic acids is 3. The summed E-state index contributed by atoms with van der Waals surface area (Å²) in [5, 5.41) is 22.9. The summed E-state index contributed by atoms with van der Waals surface area (Å²) in [6.07, 6.45) is 1.01. The lowest BCUT2D eigenvalue weighted by Gasteiger charge is -2.28. The number of aliphatic carboxylic acids is 2. The first-order valence-electron chi connectivity index (χ1n) is 9.97. The third-order valence-corrected chi connectivity index (χ3v) is 5.00. The number of rotatable bonds is 15. The third-order valence-electron chi connectivity index (χ3n) is 5.00. The molecule has 0 bridgehead atoms. The molecule has 11 nitrogen and oxygen atoms in total. The van der Waals surface area contributed by atoms with Crippen molar-refractivity contribution in [2.45, 2.75) is 59.0 Å². The van der Waals surface area contributed by atoms with Crippen LogP contribution >= 0.6 is 0 Å². The highest BCUT2D eigenvalue weighted by Crippen LogP contribution is 2.12. The third kappa shape index (κ3) is 10.2. The van der Waals surface area contributed by atoms with Crippen LogP contribution in [0.4, 0.5) is 0 Å². The first-order valence-corrected chi connectivity index (χ1v) is 9.97. The average Bonchev–Trinajstić information content (AvgIpc) is 2.65. The van der Waals surface area contributed by atoms with E-state index in [2.05, 4.69) is 10.6 Å². The van der Waals surface area contributed by atoms with E-state index in [1.165, 1.54) is 0 Å². The average molecular weight is 431 g/mol. The van der Waals surface area contributed by atoms with Crippen molar-refractivity contribution in [3.8, 4) is 0 Å². The van der Waals surface area contributed by atoms with Crippen LogP contribution in [-0.4, -0.2) is 76.5 Å². The fourth-order valence-corrected chi connectivity index (χ4v) is 2.78. The number of carbonyl (C=O) groups is 5. The van der Waals surface area contributed by atoms with Crippen molar-refractivity contribution in [2.75, 3.05) is 19.6 Å². The van der Waals surface area contributed by atoms with Crippen LogP contribution < -0.4 is 16.4 Å². The molecule has 0 heterocycles. The standard InChI is InChI=1S/C19H34N4O7/c1-5-11(3)16(18(20)29)22-19(30)17(12(4)6-2)21-13(24)7-8-23(9-14(25)26)10-15(27)28/h11-12,16-17H,5-10H2,1-4H3,(H2,20,29)(H,21,24)(H,22,30)(H,25,26)(H,27,28)/t11-,12-,16-,17-/m0/s1. The smallest absolute Gasteiger partial charge is 0.317 e. The van der Waals surface area contributed by atoms with Crippen molar-refractivity contribution in [3.63, 3.8) is 0 Å². The zero-order valence-electron chi connectivity index (χ0n) is 18.0. The summed E-state index contributed by atoms with van der Waals surface area (Å²) >= 11 is 0. The molecule has 0 aliphatic carbocycles. The Hall–Kier alpha value is -2.69. The molecular weight excluding hydrogens is 396 g/mol. The molecule has 30 heavy (non-hydrogen) atoms. The highest BCUT2D eigenvalue weighted by atomic mass is 16.4. The van der Waals surface area contributed by atoms with Crippen LogP contribution in [0.2, 0.25) is 0 Å². The van der Waals surface area contributed by atoms with E-state index in [1.54, 1.807) is 13.8 Å². The number of carboxylic acids is 2. The van der Waals surface area contributed by atoms with Crippen molar-refractivity contribution < 1.29 is 34.2 Å². The quantitative estimate of drug-likeness (QED) is 0.228. The van der Waals surface area contributed by atoms with E-state index in [0.717, 1.165) is 4.90 Å². The SMILES string of the molecule is CC[C@H](C)[C@H](NC(=O)[C@@H](NC(=O)CCN(CC(=O)O)CC(=O)O)[C@@H](C)CC)C(N)=O. The van der Waals surface area contributed by atoms with Gasteiger partial charge in [-0.1, -0.05) is 40.5 Å². The minimum Gasteiger partial charge on any atom is -0.480 e. The van der Waals surface area contributed by atoms with E-state index < -0.39 is 54.8 Å². The normalized spacial score (nSPS) is 15.0. The molecule has 11 heteroatoms. The van der Waals surface area contributed by atoms with Gasteiger partial charge in [-0.15, -0.1) is 0 Å². The van der Waals surface area contributed by atoms with Gasteiger partial charge in [0.05, 0.1) is 13.1 Å². The molecule has 0 aromatic heterocycles. The molecule has 4 atom stereocenters. The van der Waals surface area contributed by atoms with Gasteiger partial charge < -0.3 is 26.6 Å². The molecule has 0 saturated heterocycles. The number of nitrogens with two attached hydrogens (primary N) is 1. The number of primary amides is 1. The summed E-state index contributed by atoms with van der Waals surface area (Å²) < 4.78 is 0. The van der Waals surface area contributed by atoms with Gasteiger partial charge in [-0.3, -0.25) is 28.9 Å². The van der Waals surface area contributed by atoms with Gasteiger partial charge in [0.25, 0.3) is 0 Å². The van der Waals surface area contributed by atoms with Crippen LogP contribution in [0.25, 0.3) is 0 Å². The summed E-state index contributed by atoms with van der Waals surface area (Å²) in [5.74, 6) is -4.57. The van der Waals surface area contributed by atoms with E-state index >= 15 is 0 Å². The second-order valence-electron chi connectivity index (χ2n) is 7.45. The lowest BCUT2D eigenvalue weighted by atomic mass is 9.95. The highest BCUT2D eigenvalue weighted by Gasteiger charge is 2.31. The number of hydrogen-bond donors (Lipinski definition) is 5. The number of carboxylic acid groups (broad SMARTS) is 2. The first-order chi connectivity index (χ1) is 13.9. The zero-order valence-corrected chi connectivity index (χ0v) is 18.0. The van der Waals surface area contributed by atoms with Crippen molar-refractivity contribution in [1.29, 1.82) is 0 Å². The summed E-state index contributed by atoms with van der Waals surface area (Å²) in [5.41, 5.74) is 5.39. The van der Waals surface area contributed by atoms with E-state index in [-0.39, 0.29) is 24.8 Å². The Labute approximate surface area is 176 Å². The van der Waals surface area contributed by atoms with Crippen molar-refractivity contribution in [1.82, 2.24) is 15.5 Å². The molecule has 0 spiro atoms. The molecule has 6 N–H and O–H groups in total. The Kier molecular flexibility index (Phi) is 12.3. The van der Waals surface area contributed by atoms with Gasteiger partial charge in [-0.05, 0) is 11.8 Å². The largest absolute Gasteiger partial charge is 0.480 e. The molecule has 0 fully saturated rings. The predicted octanol–water partition coefficient (Wildman–Crippen LogP) is -0.605. The molecule has 0 rings (SSSR count). The molecule has 0 radical (unpaired) electrons. The van der Waals surface area contributed by atoms with Gasteiger partial charge in [-0.2, -0.15) is 0 Å². The van der Waals surface area contributed by atoms with Crippen LogP contribution in [0.3, 0.4) is 0 Å². The predicted molar refractivity (Wildman–Crippen MR) is 108 cm³/mol. The molecule has 172 valence electrons. The number of nitrogens with one attached hydrogen (secondary N) is 2. The fraction of sp³-hybridized carbons (Fsp3) is 0.737. The van der Waals surface area contributed by atoms with Gasteiger partial charge in [0, 0.05) is 13.0 Å². The topological polar surface area (TPSA) is 179 Å². The van der Waals surface area contributed by atoms with E-state index in [9.17, 15) is 24.0 Å². The Bertz CT molecular complexity index is 610. The van der Waals surface area contributed by atoms with Crippen LogP contribution in [-0.2, 0) is 24.0 Å². The summed E-state index contributed by atoms with van der Waals surface area (Å²) in [7, 11) is 0. The van der Waals surface area contributed by atoms with Gasteiger partial charge in [0.2, 0.25) is 17.7 Å². The Morgan fingerprint density at radius 2 is 1.33 bits per heavy atom. The van der Waals surface area contributed by atoms with Gasteiger partial charge in [0.15, 0.2) is 0 Å². The van der Waals surface area contributed by atoms with Crippen LogP contribution in [0.15, 0.2) is 0 Å². The molecule has 3 amide bonds. The second-order valence-corrected chi connectivity index (χ2v) is 7.45. The van der Waals surface area contributed by atoms with Crippen molar-refractivity contribution in [3.05, 3.63) is 0 Å². The summed E-state index contributed by atoms with van der Waals surface area (Å²) in [6, 6.07) is -1.78.